The van der Waals surface area contributed by atoms with Crippen molar-refractivity contribution in [3.05, 3.63) is 50.5 Å². The van der Waals surface area contributed by atoms with Gasteiger partial charge in [0.1, 0.15) is 9.25 Å². The van der Waals surface area contributed by atoms with Gasteiger partial charge in [-0.2, -0.15) is 0 Å². The van der Waals surface area contributed by atoms with Crippen molar-refractivity contribution in [2.45, 2.75) is 6.92 Å². The number of aliphatic imine (C=N–C) groups is 1. The van der Waals surface area contributed by atoms with Gasteiger partial charge in [-0.1, -0.05) is 12.1 Å². The molecule has 0 aliphatic heterocycles. The van der Waals surface area contributed by atoms with E-state index in [9.17, 15) is 9.59 Å². The first-order chi connectivity index (χ1) is 12.6. The molecule has 26 heavy (non-hydrogen) atoms. The van der Waals surface area contributed by atoms with Crippen molar-refractivity contribution < 1.29 is 19.1 Å². The number of hydrogen-bond acceptors (Lipinski definition) is 9. The quantitative estimate of drug-likeness (QED) is 0.213. The molecule has 9 heteroatoms. The van der Waals surface area contributed by atoms with Crippen LogP contribution in [-0.2, 0) is 14.3 Å². The fraction of sp³-hybridized carbons (Fsp3) is 0.235. The molecule has 138 valence electrons. The standard InChI is InChI=1S/C17H17NO4S4/c1-4-21-16(20)13(18-17(23-2)24-3)14(11-7-5-9-25-11)22-15(19)12-8-6-10-26-12/h5-10H,4H2,1-3H3/b14-13-. The van der Waals surface area contributed by atoms with Gasteiger partial charge in [-0.15, -0.1) is 46.2 Å². The van der Waals surface area contributed by atoms with Crippen LogP contribution in [-0.4, -0.2) is 35.4 Å². The monoisotopic (exact) mass is 427 g/mol. The molecule has 0 saturated heterocycles. The third-order valence-corrected chi connectivity index (χ3v) is 6.50. The zero-order valence-electron chi connectivity index (χ0n) is 14.4. The molecule has 0 aromatic carbocycles. The van der Waals surface area contributed by atoms with E-state index in [0.29, 0.717) is 14.1 Å². The highest BCUT2D eigenvalue weighted by Crippen LogP contribution is 2.29. The normalized spacial score (nSPS) is 11.5. The van der Waals surface area contributed by atoms with Crippen LogP contribution in [0.1, 0.15) is 21.5 Å². The average Bonchev–Trinajstić information content (AvgIpc) is 3.35. The summed E-state index contributed by atoms with van der Waals surface area (Å²) in [5.74, 6) is -1.05. The zero-order valence-corrected chi connectivity index (χ0v) is 17.7. The summed E-state index contributed by atoms with van der Waals surface area (Å²) in [7, 11) is 0. The second-order valence-corrected chi connectivity index (χ2v) is 8.27. The van der Waals surface area contributed by atoms with E-state index in [-0.39, 0.29) is 18.1 Å². The van der Waals surface area contributed by atoms with Crippen LogP contribution in [0.5, 0.6) is 0 Å². The maximum Gasteiger partial charge on any atom is 0.360 e. The second kappa shape index (κ2) is 10.6. The highest BCUT2D eigenvalue weighted by molar-refractivity contribution is 8.38. The molecule has 0 unspecified atom stereocenters. The Balaban J connectivity index is 2.55. The van der Waals surface area contributed by atoms with E-state index >= 15 is 0 Å². The van der Waals surface area contributed by atoms with Crippen LogP contribution in [0, 0.1) is 0 Å². The van der Waals surface area contributed by atoms with Gasteiger partial charge >= 0.3 is 11.9 Å². The van der Waals surface area contributed by atoms with Gasteiger partial charge in [-0.3, -0.25) is 0 Å². The van der Waals surface area contributed by atoms with Crippen LogP contribution in [0.4, 0.5) is 0 Å². The summed E-state index contributed by atoms with van der Waals surface area (Å²) in [5.41, 5.74) is -0.0158. The molecule has 2 aromatic rings. The maximum absolute atomic E-state index is 12.5. The number of carbonyl (C=O) groups excluding carboxylic acids is 2. The number of thioether (sulfide) groups is 2. The van der Waals surface area contributed by atoms with E-state index in [0.717, 1.165) is 0 Å². The summed E-state index contributed by atoms with van der Waals surface area (Å²) < 4.78 is 11.4. The van der Waals surface area contributed by atoms with Crippen LogP contribution < -0.4 is 0 Å². The van der Waals surface area contributed by atoms with Gasteiger partial charge in [0.05, 0.1) is 11.5 Å². The zero-order chi connectivity index (χ0) is 18.9. The van der Waals surface area contributed by atoms with Crippen molar-refractivity contribution in [3.8, 4) is 0 Å². The number of esters is 2. The van der Waals surface area contributed by atoms with Crippen molar-refractivity contribution >= 4 is 68.3 Å². The minimum Gasteiger partial charge on any atom is -0.461 e. The van der Waals surface area contributed by atoms with E-state index in [1.54, 1.807) is 30.5 Å². The fourth-order valence-electron chi connectivity index (χ4n) is 1.82. The van der Waals surface area contributed by atoms with Crippen molar-refractivity contribution in [3.63, 3.8) is 0 Å². The Kier molecular flexibility index (Phi) is 8.43. The number of nitrogens with zero attached hydrogens (tertiary/aromatic N) is 1. The lowest BCUT2D eigenvalue weighted by Gasteiger charge is -2.11. The third kappa shape index (κ3) is 5.47. The smallest absolute Gasteiger partial charge is 0.360 e. The number of carbonyl (C=O) groups is 2. The summed E-state index contributed by atoms with van der Waals surface area (Å²) in [4.78, 5) is 30.5. The highest BCUT2D eigenvalue weighted by atomic mass is 32.2. The Morgan fingerprint density at radius 2 is 1.69 bits per heavy atom. The predicted octanol–water partition coefficient (Wildman–Crippen LogP) is 4.98. The van der Waals surface area contributed by atoms with Crippen molar-refractivity contribution in [1.29, 1.82) is 0 Å². The van der Waals surface area contributed by atoms with Crippen molar-refractivity contribution in [1.82, 2.24) is 0 Å². The Bertz CT molecular complexity index is 789. The highest BCUT2D eigenvalue weighted by Gasteiger charge is 2.24. The molecule has 0 aliphatic rings. The Labute approximate surface area is 168 Å². The molecule has 5 nitrogen and oxygen atoms in total. The molecule has 2 rings (SSSR count). The molecular formula is C17H17NO4S4. The van der Waals surface area contributed by atoms with Gasteiger partial charge in [0, 0.05) is 0 Å². The maximum atomic E-state index is 12.5. The average molecular weight is 428 g/mol. The van der Waals surface area contributed by atoms with Gasteiger partial charge in [0.15, 0.2) is 11.5 Å². The topological polar surface area (TPSA) is 65.0 Å². The predicted molar refractivity (Wildman–Crippen MR) is 112 cm³/mol. The van der Waals surface area contributed by atoms with Crippen LogP contribution in [0.3, 0.4) is 0 Å². The summed E-state index contributed by atoms with van der Waals surface area (Å²) in [6, 6.07) is 7.02. The van der Waals surface area contributed by atoms with Crippen LogP contribution in [0.25, 0.3) is 5.76 Å². The van der Waals surface area contributed by atoms with Crippen LogP contribution >= 0.6 is 46.2 Å². The van der Waals surface area contributed by atoms with Gasteiger partial charge in [0.2, 0.25) is 0 Å². The van der Waals surface area contributed by atoms with E-state index < -0.39 is 11.9 Å². The summed E-state index contributed by atoms with van der Waals surface area (Å²) in [6.45, 7) is 1.91. The molecule has 0 spiro atoms. The Hall–Kier alpha value is -1.55. The van der Waals surface area contributed by atoms with E-state index in [4.69, 9.17) is 9.47 Å². The third-order valence-electron chi connectivity index (χ3n) is 2.90. The van der Waals surface area contributed by atoms with E-state index in [1.807, 2.05) is 24.0 Å². The Morgan fingerprint density at radius 1 is 1.08 bits per heavy atom. The molecule has 0 amide bonds. The van der Waals surface area contributed by atoms with Crippen molar-refractivity contribution in [2.75, 3.05) is 19.1 Å². The lowest BCUT2D eigenvalue weighted by Crippen LogP contribution is -2.12. The summed E-state index contributed by atoms with van der Waals surface area (Å²) in [5, 5.41) is 3.62. The molecule has 0 aliphatic carbocycles. The van der Waals surface area contributed by atoms with Gasteiger partial charge in [-0.05, 0) is 42.3 Å². The fourth-order valence-corrected chi connectivity index (χ4v) is 4.15. The first kappa shape index (κ1) is 20.8. The second-order valence-electron chi connectivity index (χ2n) is 4.53. The largest absolute Gasteiger partial charge is 0.461 e. The molecule has 2 aromatic heterocycles. The summed E-state index contributed by atoms with van der Waals surface area (Å²) in [6.07, 6.45) is 3.72. The molecule has 0 saturated carbocycles. The minimum absolute atomic E-state index is 0.0158. The van der Waals surface area contributed by atoms with Crippen LogP contribution in [0.15, 0.2) is 45.7 Å². The number of ether oxygens (including phenoxy) is 2. The van der Waals surface area contributed by atoms with Gasteiger partial charge in [-0.25, -0.2) is 14.6 Å². The number of rotatable bonds is 6. The summed E-state index contributed by atoms with van der Waals surface area (Å²) >= 11 is 5.43. The molecular weight excluding hydrogens is 410 g/mol. The number of hydrogen-bond donors (Lipinski definition) is 0. The first-order valence-corrected chi connectivity index (χ1v) is 11.7. The SMILES string of the molecule is CCOC(=O)/C(N=C(SC)SC)=C(/OC(=O)c1cccs1)c1cccs1. The van der Waals surface area contributed by atoms with Crippen LogP contribution in [0.2, 0.25) is 0 Å². The molecule has 0 N–H and O–H groups in total. The van der Waals surface area contributed by atoms with Gasteiger partial charge in [0.25, 0.3) is 0 Å². The minimum atomic E-state index is -0.629. The van der Waals surface area contributed by atoms with Gasteiger partial charge < -0.3 is 9.47 Å². The molecule has 0 radical (unpaired) electrons. The van der Waals surface area contributed by atoms with E-state index in [1.165, 1.54) is 46.2 Å². The molecule has 0 fully saturated rings. The lowest BCUT2D eigenvalue weighted by atomic mass is 10.3. The van der Waals surface area contributed by atoms with Crippen molar-refractivity contribution in [2.24, 2.45) is 4.99 Å². The molecule has 0 atom stereocenters. The molecule has 0 bridgehead atoms. The lowest BCUT2D eigenvalue weighted by molar-refractivity contribution is -0.138. The van der Waals surface area contributed by atoms with E-state index in [2.05, 4.69) is 4.99 Å². The Morgan fingerprint density at radius 3 is 2.19 bits per heavy atom. The first-order valence-electron chi connectivity index (χ1n) is 7.48. The number of thiophene rings is 2. The molecule has 2 heterocycles.